The van der Waals surface area contributed by atoms with Crippen molar-refractivity contribution in [2.24, 2.45) is 0 Å². The zero-order valence-electron chi connectivity index (χ0n) is 25.3. The van der Waals surface area contributed by atoms with Gasteiger partial charge in [0.2, 0.25) is 0 Å². The largest absolute Gasteiger partial charge is 0.0622 e. The molecule has 0 unspecified atom stereocenters. The maximum absolute atomic E-state index is 2.40. The molecule has 0 atom stereocenters. The van der Waals surface area contributed by atoms with Crippen LogP contribution in [0, 0.1) is 0 Å². The highest BCUT2D eigenvalue weighted by Gasteiger charge is 2.18. The molecule has 0 saturated carbocycles. The molecule has 0 aromatic heterocycles. The molecule has 0 aliphatic heterocycles. The molecular weight excluding hydrogens is 553 g/mol. The molecule has 0 radical (unpaired) electrons. The van der Waals surface area contributed by atoms with Crippen LogP contribution in [0.5, 0.6) is 0 Å². The van der Waals surface area contributed by atoms with Gasteiger partial charge in [-0.3, -0.25) is 0 Å². The minimum atomic E-state index is 1.22. The van der Waals surface area contributed by atoms with Crippen LogP contribution in [0.25, 0.3) is 87.6 Å². The fourth-order valence-electron chi connectivity index (χ4n) is 7.14. The van der Waals surface area contributed by atoms with Crippen molar-refractivity contribution >= 4 is 43.1 Å². The molecule has 0 spiro atoms. The van der Waals surface area contributed by atoms with Crippen LogP contribution in [0.4, 0.5) is 0 Å². The maximum Gasteiger partial charge on any atom is -0.00201 e. The second-order valence-electron chi connectivity index (χ2n) is 12.1. The van der Waals surface area contributed by atoms with Crippen molar-refractivity contribution < 1.29 is 0 Å². The van der Waals surface area contributed by atoms with Crippen LogP contribution in [0.3, 0.4) is 0 Å². The molecule has 9 aromatic rings. The Morgan fingerprint density at radius 2 is 0.609 bits per heavy atom. The fourth-order valence-corrected chi connectivity index (χ4v) is 7.14. The Balaban J connectivity index is 1.28. The van der Waals surface area contributed by atoms with Crippen molar-refractivity contribution in [3.63, 3.8) is 0 Å². The van der Waals surface area contributed by atoms with Gasteiger partial charge in [0, 0.05) is 0 Å². The van der Waals surface area contributed by atoms with Gasteiger partial charge in [-0.2, -0.15) is 0 Å². The van der Waals surface area contributed by atoms with Crippen molar-refractivity contribution in [2.45, 2.75) is 0 Å². The van der Waals surface area contributed by atoms with E-state index < -0.39 is 0 Å². The fraction of sp³-hybridized carbons (Fsp3) is 0. The summed E-state index contributed by atoms with van der Waals surface area (Å²) in [4.78, 5) is 0. The van der Waals surface area contributed by atoms with E-state index in [1.807, 2.05) is 0 Å². The highest BCUT2D eigenvalue weighted by atomic mass is 14.2. The molecule has 214 valence electrons. The van der Waals surface area contributed by atoms with Crippen LogP contribution >= 0.6 is 0 Å². The lowest BCUT2D eigenvalue weighted by Crippen LogP contribution is -1.92. The van der Waals surface area contributed by atoms with Crippen molar-refractivity contribution in [1.29, 1.82) is 0 Å². The standard InChI is InChI=1S/C46H30/c1-2-12-34(13-3-1)46-44-30-40(39-25-21-32-11-5-7-15-37(32)29-39)26-27-42(44)41-16-8-9-17-43(41)45(46)35-22-18-33(19-23-35)38-24-20-31-10-4-6-14-36(31)28-38/h1-30H. The summed E-state index contributed by atoms with van der Waals surface area (Å²) in [6, 6.07) is 66.6. The summed E-state index contributed by atoms with van der Waals surface area (Å²) in [6.45, 7) is 0. The third-order valence-corrected chi connectivity index (χ3v) is 9.43. The quantitative estimate of drug-likeness (QED) is 0.181. The highest BCUT2D eigenvalue weighted by Crippen LogP contribution is 2.46. The van der Waals surface area contributed by atoms with E-state index in [4.69, 9.17) is 0 Å². The monoisotopic (exact) mass is 582 g/mol. The third-order valence-electron chi connectivity index (χ3n) is 9.43. The first-order valence-corrected chi connectivity index (χ1v) is 15.9. The summed E-state index contributed by atoms with van der Waals surface area (Å²) < 4.78 is 0. The van der Waals surface area contributed by atoms with Crippen LogP contribution in [0.1, 0.15) is 0 Å². The zero-order chi connectivity index (χ0) is 30.5. The lowest BCUT2D eigenvalue weighted by Gasteiger charge is -2.20. The molecule has 0 fully saturated rings. The first-order chi connectivity index (χ1) is 22.8. The van der Waals surface area contributed by atoms with E-state index in [0.29, 0.717) is 0 Å². The summed E-state index contributed by atoms with van der Waals surface area (Å²) in [6.07, 6.45) is 0. The van der Waals surface area contributed by atoms with Crippen LogP contribution in [-0.2, 0) is 0 Å². The van der Waals surface area contributed by atoms with E-state index in [-0.39, 0.29) is 0 Å². The molecule has 0 bridgehead atoms. The van der Waals surface area contributed by atoms with Gasteiger partial charge in [-0.25, -0.2) is 0 Å². The topological polar surface area (TPSA) is 0 Å². The van der Waals surface area contributed by atoms with E-state index in [1.165, 1.54) is 87.6 Å². The van der Waals surface area contributed by atoms with Gasteiger partial charge in [-0.1, -0.05) is 164 Å². The average Bonchev–Trinajstić information content (AvgIpc) is 3.14. The predicted octanol–water partition coefficient (Wildman–Crippen LogP) is 13.0. The predicted molar refractivity (Wildman–Crippen MR) is 198 cm³/mol. The van der Waals surface area contributed by atoms with Gasteiger partial charge in [0.15, 0.2) is 0 Å². The Kier molecular flexibility index (Phi) is 6.25. The normalized spacial score (nSPS) is 11.5. The lowest BCUT2D eigenvalue weighted by atomic mass is 9.83. The third kappa shape index (κ3) is 4.47. The second kappa shape index (κ2) is 10.9. The second-order valence-corrected chi connectivity index (χ2v) is 12.1. The van der Waals surface area contributed by atoms with E-state index in [9.17, 15) is 0 Å². The Hall–Kier alpha value is -5.98. The van der Waals surface area contributed by atoms with Gasteiger partial charge >= 0.3 is 0 Å². The van der Waals surface area contributed by atoms with Gasteiger partial charge < -0.3 is 0 Å². The maximum atomic E-state index is 2.40. The summed E-state index contributed by atoms with van der Waals surface area (Å²) in [5, 5.41) is 10.1. The molecular formula is C46H30. The first-order valence-electron chi connectivity index (χ1n) is 15.9. The number of fused-ring (bicyclic) bond motifs is 5. The zero-order valence-corrected chi connectivity index (χ0v) is 25.3. The molecule has 0 N–H and O–H groups in total. The Bertz CT molecular complexity index is 2560. The molecule has 9 rings (SSSR count). The van der Waals surface area contributed by atoms with Crippen molar-refractivity contribution in [1.82, 2.24) is 0 Å². The summed E-state index contributed by atoms with van der Waals surface area (Å²) >= 11 is 0. The van der Waals surface area contributed by atoms with Crippen molar-refractivity contribution in [3.8, 4) is 44.5 Å². The van der Waals surface area contributed by atoms with E-state index >= 15 is 0 Å². The SMILES string of the molecule is c1ccc(-c2c(-c3ccc(-c4ccc5ccccc5c4)cc3)c3ccccc3c3ccc(-c4ccc5ccccc5c4)cc23)cc1. The minimum absolute atomic E-state index is 1.22. The Morgan fingerprint density at radius 3 is 1.28 bits per heavy atom. The van der Waals surface area contributed by atoms with E-state index in [2.05, 4.69) is 182 Å². The molecule has 0 aliphatic carbocycles. The average molecular weight is 583 g/mol. The molecule has 0 heteroatoms. The van der Waals surface area contributed by atoms with E-state index in [1.54, 1.807) is 0 Å². The van der Waals surface area contributed by atoms with Gasteiger partial charge in [0.05, 0.1) is 0 Å². The summed E-state index contributed by atoms with van der Waals surface area (Å²) in [7, 11) is 0. The number of hydrogen-bond acceptors (Lipinski definition) is 0. The minimum Gasteiger partial charge on any atom is -0.0622 e. The number of hydrogen-bond donors (Lipinski definition) is 0. The van der Waals surface area contributed by atoms with E-state index in [0.717, 1.165) is 0 Å². The van der Waals surface area contributed by atoms with Crippen LogP contribution in [0.2, 0.25) is 0 Å². The summed E-state index contributed by atoms with van der Waals surface area (Å²) in [5.74, 6) is 0. The molecule has 0 saturated heterocycles. The molecule has 0 heterocycles. The highest BCUT2D eigenvalue weighted by molar-refractivity contribution is 6.22. The summed E-state index contributed by atoms with van der Waals surface area (Å²) in [5.41, 5.74) is 9.90. The van der Waals surface area contributed by atoms with Gasteiger partial charge in [-0.05, 0) is 106 Å². The van der Waals surface area contributed by atoms with Crippen LogP contribution in [-0.4, -0.2) is 0 Å². The van der Waals surface area contributed by atoms with Crippen LogP contribution < -0.4 is 0 Å². The van der Waals surface area contributed by atoms with Crippen molar-refractivity contribution in [3.05, 3.63) is 182 Å². The Labute approximate surface area is 268 Å². The van der Waals surface area contributed by atoms with Crippen molar-refractivity contribution in [2.75, 3.05) is 0 Å². The Morgan fingerprint density at radius 1 is 0.196 bits per heavy atom. The first kappa shape index (κ1) is 26.4. The number of benzene rings is 9. The lowest BCUT2D eigenvalue weighted by molar-refractivity contribution is 1.61. The van der Waals surface area contributed by atoms with Gasteiger partial charge in [0.1, 0.15) is 0 Å². The molecule has 46 heavy (non-hydrogen) atoms. The molecule has 0 nitrogen and oxygen atoms in total. The molecule has 0 amide bonds. The van der Waals surface area contributed by atoms with Crippen LogP contribution in [0.15, 0.2) is 182 Å². The van der Waals surface area contributed by atoms with Gasteiger partial charge in [-0.15, -0.1) is 0 Å². The smallest absolute Gasteiger partial charge is 0.00201 e. The molecule has 9 aromatic carbocycles. The molecule has 0 aliphatic rings. The number of rotatable bonds is 4. The van der Waals surface area contributed by atoms with Gasteiger partial charge in [0.25, 0.3) is 0 Å².